The first-order valence-corrected chi connectivity index (χ1v) is 16.8. The van der Waals surface area contributed by atoms with Gasteiger partial charge in [-0.25, -0.2) is 10.5 Å². The number of ether oxygens (including phenoxy) is 2. The predicted octanol–water partition coefficient (Wildman–Crippen LogP) is 6.51. The number of amides is 2. The van der Waals surface area contributed by atoms with Crippen LogP contribution in [-0.2, 0) is 38.8 Å². The van der Waals surface area contributed by atoms with Crippen molar-refractivity contribution in [3.63, 3.8) is 0 Å². The summed E-state index contributed by atoms with van der Waals surface area (Å²) in [6.45, 7) is 1.06. The summed E-state index contributed by atoms with van der Waals surface area (Å²) in [6, 6.07) is 32.3. The molecule has 1 aliphatic heterocycles. The molecule has 10 heteroatoms. The molecule has 254 valence electrons. The Kier molecular flexibility index (Phi) is 11.4. The minimum atomic E-state index is -0.571. The van der Waals surface area contributed by atoms with Crippen LogP contribution in [0.15, 0.2) is 103 Å². The highest BCUT2D eigenvalue weighted by Gasteiger charge is 2.32. The minimum Gasteiger partial charge on any atom is -0.392 e. The van der Waals surface area contributed by atoms with E-state index in [2.05, 4.69) is 39.1 Å². The Morgan fingerprint density at radius 3 is 2.33 bits per heavy atom. The third-order valence-corrected chi connectivity index (χ3v) is 8.91. The molecule has 49 heavy (non-hydrogen) atoms. The second-order valence-corrected chi connectivity index (χ2v) is 12.4. The highest BCUT2D eigenvalue weighted by molar-refractivity contribution is 5.76. The number of carbonyl (C=O) groups is 2. The summed E-state index contributed by atoms with van der Waals surface area (Å²) >= 11 is 0. The SMILES string of the molecule is O=C(CCCCCC(=O)NCc1cccc(-c2ccc([C@@H]3O[C@H](Cn4cnc5ccccc54)C[C@H](c4ccc(CO)cc4)O3)cc2)c1)NO. The normalized spacial score (nSPS) is 17.6. The van der Waals surface area contributed by atoms with E-state index in [1.165, 1.54) is 0 Å². The van der Waals surface area contributed by atoms with E-state index in [0.29, 0.717) is 38.8 Å². The van der Waals surface area contributed by atoms with Crippen molar-refractivity contribution in [2.75, 3.05) is 0 Å². The number of nitrogens with zero attached hydrogens (tertiary/aromatic N) is 2. The molecular weight excluding hydrogens is 620 g/mol. The summed E-state index contributed by atoms with van der Waals surface area (Å²) in [6.07, 6.45) is 4.34. The number of aliphatic hydroxyl groups is 1. The molecule has 1 aliphatic rings. The van der Waals surface area contributed by atoms with Crippen LogP contribution in [0.4, 0.5) is 0 Å². The lowest BCUT2D eigenvalue weighted by atomic mass is 9.99. The Morgan fingerprint density at radius 2 is 1.55 bits per heavy atom. The first-order chi connectivity index (χ1) is 24.0. The first-order valence-electron chi connectivity index (χ1n) is 16.8. The molecule has 0 bridgehead atoms. The van der Waals surface area contributed by atoms with Crippen molar-refractivity contribution in [1.29, 1.82) is 0 Å². The van der Waals surface area contributed by atoms with Gasteiger partial charge in [0.2, 0.25) is 11.8 Å². The van der Waals surface area contributed by atoms with Crippen LogP contribution in [0, 0.1) is 0 Å². The van der Waals surface area contributed by atoms with E-state index in [4.69, 9.17) is 14.7 Å². The van der Waals surface area contributed by atoms with Gasteiger partial charge in [0.1, 0.15) is 0 Å². The highest BCUT2D eigenvalue weighted by Crippen LogP contribution is 2.39. The molecule has 0 spiro atoms. The van der Waals surface area contributed by atoms with E-state index in [0.717, 1.165) is 50.8 Å². The zero-order valence-electron chi connectivity index (χ0n) is 27.3. The van der Waals surface area contributed by atoms with Crippen LogP contribution in [0.5, 0.6) is 0 Å². The molecular formula is C39H42N4O6. The van der Waals surface area contributed by atoms with E-state index in [-0.39, 0.29) is 31.1 Å². The lowest BCUT2D eigenvalue weighted by Gasteiger charge is -2.36. The quantitative estimate of drug-likeness (QED) is 0.0605. The highest BCUT2D eigenvalue weighted by atomic mass is 16.7. The van der Waals surface area contributed by atoms with Crippen LogP contribution in [0.2, 0.25) is 0 Å². The summed E-state index contributed by atoms with van der Waals surface area (Å²) in [5.74, 6) is -0.440. The Hall–Kier alpha value is -4.87. The number of nitrogens with one attached hydrogen (secondary N) is 2. The first kappa shape index (κ1) is 34.0. The van der Waals surface area contributed by atoms with E-state index >= 15 is 0 Å². The van der Waals surface area contributed by atoms with Crippen molar-refractivity contribution in [2.45, 2.75) is 76.7 Å². The number of imidazole rings is 1. The van der Waals surface area contributed by atoms with Crippen LogP contribution in [0.25, 0.3) is 22.2 Å². The topological polar surface area (TPSA) is 135 Å². The number of carbonyl (C=O) groups excluding carboxylic acids is 2. The maximum Gasteiger partial charge on any atom is 0.243 e. The summed E-state index contributed by atoms with van der Waals surface area (Å²) in [7, 11) is 0. The number of fused-ring (bicyclic) bond motifs is 1. The van der Waals surface area contributed by atoms with Crippen molar-refractivity contribution in [3.05, 3.63) is 126 Å². The van der Waals surface area contributed by atoms with Crippen molar-refractivity contribution in [3.8, 4) is 11.1 Å². The Bertz CT molecular complexity index is 1840. The summed E-state index contributed by atoms with van der Waals surface area (Å²) in [4.78, 5) is 28.0. The molecule has 3 atom stereocenters. The average molecular weight is 663 g/mol. The van der Waals surface area contributed by atoms with E-state index in [1.807, 2.05) is 79.1 Å². The average Bonchev–Trinajstić information content (AvgIpc) is 3.56. The van der Waals surface area contributed by atoms with Crippen LogP contribution < -0.4 is 10.8 Å². The van der Waals surface area contributed by atoms with Crippen molar-refractivity contribution < 1.29 is 29.4 Å². The third-order valence-electron chi connectivity index (χ3n) is 8.91. The van der Waals surface area contributed by atoms with Crippen LogP contribution in [0.3, 0.4) is 0 Å². The standard InChI is InChI=1S/C39H42N4O6/c44-25-27-13-15-30(16-14-27)36-22-33(24-43-26-41-34-9-4-5-10-35(34)43)48-39(49-36)31-19-17-29(18-20-31)32-8-6-7-28(21-32)23-40-37(45)11-2-1-3-12-38(46)42-47/h4-10,13-21,26,33,36,39,44,47H,1-3,11-12,22-25H2,(H,40,45)(H,42,46)/t33-,36+,39+/m0/s1. The number of benzene rings is 4. The maximum absolute atomic E-state index is 12.4. The maximum atomic E-state index is 12.4. The fraction of sp³-hybridized carbons (Fsp3) is 0.308. The van der Waals surface area contributed by atoms with Gasteiger partial charge < -0.3 is 24.5 Å². The molecule has 0 saturated carbocycles. The van der Waals surface area contributed by atoms with Gasteiger partial charge in [-0.3, -0.25) is 14.8 Å². The van der Waals surface area contributed by atoms with Gasteiger partial charge >= 0.3 is 0 Å². The Morgan fingerprint density at radius 1 is 0.796 bits per heavy atom. The van der Waals surface area contributed by atoms with Gasteiger partial charge in [0, 0.05) is 31.4 Å². The van der Waals surface area contributed by atoms with E-state index in [9.17, 15) is 14.7 Å². The molecule has 10 nitrogen and oxygen atoms in total. The van der Waals surface area contributed by atoms with Crippen LogP contribution in [0.1, 0.15) is 73.2 Å². The zero-order chi connectivity index (χ0) is 34.0. The second-order valence-electron chi connectivity index (χ2n) is 12.4. The predicted molar refractivity (Wildman–Crippen MR) is 185 cm³/mol. The molecule has 2 heterocycles. The number of rotatable bonds is 14. The van der Waals surface area contributed by atoms with Crippen molar-refractivity contribution >= 4 is 22.8 Å². The largest absolute Gasteiger partial charge is 0.392 e. The molecule has 1 aromatic heterocycles. The minimum absolute atomic E-state index is 0.00568. The number of para-hydroxylation sites is 2. The number of hydrogen-bond donors (Lipinski definition) is 4. The number of aromatic nitrogens is 2. The zero-order valence-corrected chi connectivity index (χ0v) is 27.3. The Labute approximate surface area is 285 Å². The molecule has 0 radical (unpaired) electrons. The summed E-state index contributed by atoms with van der Waals surface area (Å²) in [5, 5.41) is 21.1. The van der Waals surface area contributed by atoms with Gasteiger partial charge in [-0.2, -0.15) is 0 Å². The second kappa shape index (κ2) is 16.5. The van der Waals surface area contributed by atoms with Gasteiger partial charge in [-0.05, 0) is 58.9 Å². The number of aliphatic hydroxyl groups excluding tert-OH is 1. The van der Waals surface area contributed by atoms with Crippen molar-refractivity contribution in [2.24, 2.45) is 0 Å². The number of hydroxylamine groups is 1. The van der Waals surface area contributed by atoms with E-state index < -0.39 is 12.2 Å². The van der Waals surface area contributed by atoms with Gasteiger partial charge in [0.05, 0.1) is 42.7 Å². The fourth-order valence-corrected chi connectivity index (χ4v) is 6.19. The molecule has 0 unspecified atom stereocenters. The van der Waals surface area contributed by atoms with Gasteiger partial charge in [0.15, 0.2) is 6.29 Å². The third kappa shape index (κ3) is 8.98. The number of hydrogen-bond acceptors (Lipinski definition) is 7. The number of unbranched alkanes of at least 4 members (excludes halogenated alkanes) is 2. The molecule has 6 rings (SSSR count). The molecule has 4 aromatic carbocycles. The summed E-state index contributed by atoms with van der Waals surface area (Å²) in [5.41, 5.74) is 9.52. The van der Waals surface area contributed by atoms with E-state index in [1.54, 1.807) is 5.48 Å². The molecule has 4 N–H and O–H groups in total. The molecule has 1 fully saturated rings. The van der Waals surface area contributed by atoms with Gasteiger partial charge in [-0.1, -0.05) is 85.3 Å². The smallest absolute Gasteiger partial charge is 0.243 e. The Balaban J connectivity index is 1.11. The van der Waals surface area contributed by atoms with Gasteiger partial charge in [0.25, 0.3) is 0 Å². The lowest BCUT2D eigenvalue weighted by molar-refractivity contribution is -0.252. The van der Waals surface area contributed by atoms with Crippen LogP contribution >= 0.6 is 0 Å². The van der Waals surface area contributed by atoms with Crippen molar-refractivity contribution in [1.82, 2.24) is 20.3 Å². The molecule has 5 aromatic rings. The molecule has 2 amide bonds. The molecule has 1 saturated heterocycles. The van der Waals surface area contributed by atoms with Crippen LogP contribution in [-0.4, -0.2) is 37.8 Å². The van der Waals surface area contributed by atoms with Gasteiger partial charge in [-0.15, -0.1) is 0 Å². The monoisotopic (exact) mass is 662 g/mol. The molecule has 0 aliphatic carbocycles. The lowest BCUT2D eigenvalue weighted by Crippen LogP contribution is -2.32. The fourth-order valence-electron chi connectivity index (χ4n) is 6.19. The summed E-state index contributed by atoms with van der Waals surface area (Å²) < 4.78 is 15.3.